The van der Waals surface area contributed by atoms with Gasteiger partial charge in [0.1, 0.15) is 5.01 Å². The number of anilines is 1. The second-order valence-corrected chi connectivity index (χ2v) is 9.69. The second-order valence-electron chi connectivity index (χ2n) is 8.58. The Kier molecular flexibility index (Phi) is 6.23. The van der Waals surface area contributed by atoms with Gasteiger partial charge in [0, 0.05) is 11.3 Å². The number of hydrogen-bond acceptors (Lipinski definition) is 4. The highest BCUT2D eigenvalue weighted by Crippen LogP contribution is 2.29. The molecule has 0 saturated carbocycles. The lowest BCUT2D eigenvalue weighted by atomic mass is 9.90. The minimum atomic E-state index is -0.245. The lowest BCUT2D eigenvalue weighted by Gasteiger charge is -2.19. The van der Waals surface area contributed by atoms with Crippen molar-refractivity contribution in [2.45, 2.75) is 19.8 Å². The zero-order chi connectivity index (χ0) is 23.5. The Morgan fingerprint density at radius 1 is 1.00 bits per heavy atom. The van der Waals surface area contributed by atoms with E-state index in [0.29, 0.717) is 5.92 Å². The number of carbonyl (C=O) groups is 2. The maximum atomic E-state index is 12.5. The van der Waals surface area contributed by atoms with E-state index in [2.05, 4.69) is 59.0 Å². The van der Waals surface area contributed by atoms with Crippen molar-refractivity contribution < 1.29 is 9.59 Å². The second kappa shape index (κ2) is 9.61. The van der Waals surface area contributed by atoms with Gasteiger partial charge in [0.05, 0.1) is 23.2 Å². The van der Waals surface area contributed by atoms with Gasteiger partial charge < -0.3 is 10.6 Å². The summed E-state index contributed by atoms with van der Waals surface area (Å²) in [5, 5.41) is 6.38. The molecule has 1 unspecified atom stereocenters. The fourth-order valence-electron chi connectivity index (χ4n) is 4.20. The molecule has 0 aliphatic heterocycles. The van der Waals surface area contributed by atoms with E-state index in [-0.39, 0.29) is 24.8 Å². The number of rotatable bonds is 6. The van der Waals surface area contributed by atoms with Gasteiger partial charge in [0.2, 0.25) is 11.8 Å². The third-order valence-electron chi connectivity index (χ3n) is 5.90. The van der Waals surface area contributed by atoms with Crippen LogP contribution in [0, 0.1) is 5.92 Å². The first-order valence-electron chi connectivity index (χ1n) is 11.4. The maximum absolute atomic E-state index is 12.5. The van der Waals surface area contributed by atoms with Crippen LogP contribution in [0.4, 0.5) is 5.69 Å². The van der Waals surface area contributed by atoms with Gasteiger partial charge >= 0.3 is 0 Å². The van der Waals surface area contributed by atoms with Gasteiger partial charge in [-0.2, -0.15) is 0 Å². The number of amides is 2. The molecule has 1 atom stereocenters. The molecule has 0 bridgehead atoms. The van der Waals surface area contributed by atoms with E-state index < -0.39 is 0 Å². The molecule has 1 aromatic heterocycles. The molecule has 5 rings (SSSR count). The van der Waals surface area contributed by atoms with Crippen LogP contribution in [0.15, 0.2) is 72.8 Å². The molecule has 5 nitrogen and oxygen atoms in total. The van der Waals surface area contributed by atoms with Crippen LogP contribution in [0.3, 0.4) is 0 Å². The summed E-state index contributed by atoms with van der Waals surface area (Å²) in [6.07, 6.45) is 5.32. The van der Waals surface area contributed by atoms with Crippen molar-refractivity contribution in [2.24, 2.45) is 5.92 Å². The van der Waals surface area contributed by atoms with E-state index in [1.165, 1.54) is 16.9 Å². The van der Waals surface area contributed by atoms with E-state index in [0.717, 1.165) is 44.0 Å². The largest absolute Gasteiger partial charge is 0.347 e. The van der Waals surface area contributed by atoms with Crippen molar-refractivity contribution >= 4 is 45.1 Å². The Morgan fingerprint density at radius 3 is 2.71 bits per heavy atom. The number of aromatic nitrogens is 1. The van der Waals surface area contributed by atoms with Gasteiger partial charge in [-0.1, -0.05) is 67.6 Å². The predicted octanol–water partition coefficient (Wildman–Crippen LogP) is 5.47. The van der Waals surface area contributed by atoms with Crippen molar-refractivity contribution in [2.75, 3.05) is 11.9 Å². The average Bonchev–Trinajstić information content (AvgIpc) is 3.24. The van der Waals surface area contributed by atoms with Gasteiger partial charge in [0.15, 0.2) is 0 Å². The number of hydrogen-bond donors (Lipinski definition) is 2. The summed E-state index contributed by atoms with van der Waals surface area (Å²) in [6.45, 7) is 2.10. The number of benzene rings is 3. The SMILES string of the molecule is CC1C=Cc2c(cccc2NC(=O)CNC(=O)Cc2nc3ccc(-c4ccccc4)cc3s2)C1. The van der Waals surface area contributed by atoms with Crippen LogP contribution in [-0.2, 0) is 22.4 Å². The van der Waals surface area contributed by atoms with Crippen LogP contribution in [0.2, 0.25) is 0 Å². The van der Waals surface area contributed by atoms with Gasteiger partial charge in [0.25, 0.3) is 0 Å². The first-order chi connectivity index (χ1) is 16.5. The minimum absolute atomic E-state index is 0.0777. The number of nitrogens with zero attached hydrogens (tertiary/aromatic N) is 1. The smallest absolute Gasteiger partial charge is 0.243 e. The molecule has 0 radical (unpaired) electrons. The van der Waals surface area contributed by atoms with Crippen molar-refractivity contribution in [1.82, 2.24) is 10.3 Å². The summed E-state index contributed by atoms with van der Waals surface area (Å²) in [4.78, 5) is 29.5. The van der Waals surface area contributed by atoms with Crippen molar-refractivity contribution in [1.29, 1.82) is 0 Å². The predicted molar refractivity (Wildman–Crippen MR) is 139 cm³/mol. The molecule has 170 valence electrons. The fourth-order valence-corrected chi connectivity index (χ4v) is 5.21. The lowest BCUT2D eigenvalue weighted by Crippen LogP contribution is -2.34. The van der Waals surface area contributed by atoms with Crippen LogP contribution < -0.4 is 10.6 Å². The topological polar surface area (TPSA) is 71.1 Å². The molecule has 2 N–H and O–H groups in total. The van der Waals surface area contributed by atoms with Crippen molar-refractivity contribution in [3.8, 4) is 11.1 Å². The molecule has 4 aromatic rings. The first kappa shape index (κ1) is 22.0. The number of carbonyl (C=O) groups excluding carboxylic acids is 2. The number of fused-ring (bicyclic) bond motifs is 2. The Balaban J connectivity index is 1.19. The Bertz CT molecular complexity index is 1390. The number of allylic oxidation sites excluding steroid dienone is 1. The molecule has 1 heterocycles. The van der Waals surface area contributed by atoms with Crippen LogP contribution in [0.25, 0.3) is 27.4 Å². The molecule has 3 aromatic carbocycles. The van der Waals surface area contributed by atoms with Gasteiger partial charge in [-0.25, -0.2) is 4.98 Å². The standard InChI is InChI=1S/C28H25N3O2S/c1-18-10-12-22-21(14-18)8-5-9-23(22)30-27(33)17-29-26(32)16-28-31-24-13-11-20(15-25(24)34-28)19-6-3-2-4-7-19/h2-13,15,18H,14,16-17H2,1H3,(H,29,32)(H,30,33). The Morgan fingerprint density at radius 2 is 1.85 bits per heavy atom. The first-order valence-corrected chi connectivity index (χ1v) is 12.2. The quantitative estimate of drug-likeness (QED) is 0.395. The molecular weight excluding hydrogens is 442 g/mol. The summed E-state index contributed by atoms with van der Waals surface area (Å²) >= 11 is 1.51. The molecule has 0 spiro atoms. The molecule has 6 heteroatoms. The van der Waals surface area contributed by atoms with E-state index in [9.17, 15) is 9.59 Å². The summed E-state index contributed by atoms with van der Waals surface area (Å²) in [5.41, 5.74) is 6.19. The Labute approximate surface area is 202 Å². The molecular formula is C28H25N3O2S. The van der Waals surface area contributed by atoms with Gasteiger partial charge in [-0.15, -0.1) is 11.3 Å². The highest BCUT2D eigenvalue weighted by molar-refractivity contribution is 7.18. The maximum Gasteiger partial charge on any atom is 0.243 e. The monoisotopic (exact) mass is 467 g/mol. The molecule has 1 aliphatic rings. The Hall–Kier alpha value is -3.77. The number of nitrogens with one attached hydrogen (secondary N) is 2. The van der Waals surface area contributed by atoms with Crippen LogP contribution in [0.1, 0.15) is 23.1 Å². The molecule has 2 amide bonds. The van der Waals surface area contributed by atoms with E-state index >= 15 is 0 Å². The summed E-state index contributed by atoms with van der Waals surface area (Å²) in [7, 11) is 0. The van der Waals surface area contributed by atoms with E-state index in [1.54, 1.807) is 0 Å². The molecule has 0 saturated heterocycles. The molecule has 0 fully saturated rings. The summed E-state index contributed by atoms with van der Waals surface area (Å²) in [6, 6.07) is 22.2. The van der Waals surface area contributed by atoms with Gasteiger partial charge in [-0.05, 0) is 47.2 Å². The van der Waals surface area contributed by atoms with Crippen molar-refractivity contribution in [3.63, 3.8) is 0 Å². The van der Waals surface area contributed by atoms with Crippen LogP contribution in [-0.4, -0.2) is 23.3 Å². The molecule has 34 heavy (non-hydrogen) atoms. The fraction of sp³-hybridized carbons (Fsp3) is 0.179. The normalized spacial score (nSPS) is 14.6. The zero-order valence-corrected chi connectivity index (χ0v) is 19.7. The van der Waals surface area contributed by atoms with Gasteiger partial charge in [-0.3, -0.25) is 9.59 Å². The number of thiazole rings is 1. The zero-order valence-electron chi connectivity index (χ0n) is 18.9. The summed E-state index contributed by atoms with van der Waals surface area (Å²) in [5.74, 6) is 0.0250. The third kappa shape index (κ3) is 4.92. The molecule has 1 aliphatic carbocycles. The van der Waals surface area contributed by atoms with Crippen molar-refractivity contribution in [3.05, 3.63) is 88.9 Å². The minimum Gasteiger partial charge on any atom is -0.347 e. The lowest BCUT2D eigenvalue weighted by molar-refractivity contribution is -0.123. The van der Waals surface area contributed by atoms with Crippen LogP contribution in [0.5, 0.6) is 0 Å². The third-order valence-corrected chi connectivity index (χ3v) is 6.92. The summed E-state index contributed by atoms with van der Waals surface area (Å²) < 4.78 is 1.04. The van der Waals surface area contributed by atoms with Crippen LogP contribution >= 0.6 is 11.3 Å². The van der Waals surface area contributed by atoms with E-state index in [1.807, 2.05) is 42.5 Å². The highest BCUT2D eigenvalue weighted by atomic mass is 32.1. The van der Waals surface area contributed by atoms with E-state index in [4.69, 9.17) is 0 Å². The highest BCUT2D eigenvalue weighted by Gasteiger charge is 2.15. The average molecular weight is 468 g/mol.